The van der Waals surface area contributed by atoms with Gasteiger partial charge in [0.15, 0.2) is 0 Å². The molecule has 6 heteroatoms. The third kappa shape index (κ3) is 6.75. The molecule has 5 nitrogen and oxygen atoms in total. The molecule has 0 aromatic heterocycles. The molecule has 0 spiro atoms. The molecule has 0 aliphatic heterocycles. The molecule has 3 aromatic rings. The van der Waals surface area contributed by atoms with Gasteiger partial charge in [0.25, 0.3) is 0 Å². The van der Waals surface area contributed by atoms with E-state index in [2.05, 4.69) is 5.32 Å². The summed E-state index contributed by atoms with van der Waals surface area (Å²) in [5, 5.41) is 2.76. The number of hydrogen-bond acceptors (Lipinski definition) is 3. The molecular weight excluding hydrogens is 407 g/mol. The number of nitrogens with one attached hydrogen (secondary N) is 1. The molecular formula is C26H27FN2O3. The van der Waals surface area contributed by atoms with E-state index >= 15 is 0 Å². The summed E-state index contributed by atoms with van der Waals surface area (Å²) in [6.45, 7) is 2.25. The Hall–Kier alpha value is -3.51. The summed E-state index contributed by atoms with van der Waals surface area (Å²) < 4.78 is 19.0. The zero-order chi connectivity index (χ0) is 22.8. The Morgan fingerprint density at radius 2 is 1.47 bits per heavy atom. The Morgan fingerprint density at radius 1 is 0.906 bits per heavy atom. The molecule has 3 aromatic carbocycles. The molecule has 0 aliphatic carbocycles. The van der Waals surface area contributed by atoms with Crippen molar-refractivity contribution in [2.45, 2.75) is 19.6 Å². The predicted octanol–water partition coefficient (Wildman–Crippen LogP) is 4.10. The van der Waals surface area contributed by atoms with Crippen LogP contribution >= 0.6 is 0 Å². The number of likely N-dealkylation sites (N-methyl/N-ethyl adjacent to an activating group) is 1. The molecule has 166 valence electrons. The van der Waals surface area contributed by atoms with Gasteiger partial charge in [0.2, 0.25) is 11.8 Å². The monoisotopic (exact) mass is 434 g/mol. The Labute approximate surface area is 187 Å². The van der Waals surface area contributed by atoms with Gasteiger partial charge in [-0.25, -0.2) is 4.39 Å². The Morgan fingerprint density at radius 3 is 2.00 bits per heavy atom. The van der Waals surface area contributed by atoms with Gasteiger partial charge >= 0.3 is 0 Å². The molecule has 2 amide bonds. The number of benzene rings is 3. The lowest BCUT2D eigenvalue weighted by Crippen LogP contribution is -2.42. The highest BCUT2D eigenvalue weighted by atomic mass is 19.1. The van der Waals surface area contributed by atoms with Gasteiger partial charge in [-0.15, -0.1) is 0 Å². The van der Waals surface area contributed by atoms with E-state index in [1.165, 1.54) is 17.0 Å². The van der Waals surface area contributed by atoms with Crippen molar-refractivity contribution in [2.75, 3.05) is 19.7 Å². The first-order chi connectivity index (χ1) is 15.6. The lowest BCUT2D eigenvalue weighted by Gasteiger charge is -2.23. The van der Waals surface area contributed by atoms with Crippen molar-refractivity contribution in [3.05, 3.63) is 107 Å². The fraction of sp³-hybridized carbons (Fsp3) is 0.231. The molecule has 0 saturated heterocycles. The number of hydrogen-bond donors (Lipinski definition) is 1. The molecule has 32 heavy (non-hydrogen) atoms. The van der Waals surface area contributed by atoms with Crippen LogP contribution in [0, 0.1) is 5.82 Å². The van der Waals surface area contributed by atoms with Crippen LogP contribution in [0.25, 0.3) is 0 Å². The average molecular weight is 435 g/mol. The van der Waals surface area contributed by atoms with Crippen LogP contribution in [0.15, 0.2) is 84.9 Å². The van der Waals surface area contributed by atoms with Crippen molar-refractivity contribution in [2.24, 2.45) is 0 Å². The van der Waals surface area contributed by atoms with E-state index in [0.29, 0.717) is 6.54 Å². The van der Waals surface area contributed by atoms with Crippen LogP contribution in [-0.4, -0.2) is 36.4 Å². The minimum absolute atomic E-state index is 0.0682. The maximum atomic E-state index is 13.0. The first kappa shape index (κ1) is 23.2. The maximum absolute atomic E-state index is 13.0. The minimum atomic E-state index is -0.382. The molecule has 0 aliphatic rings. The Bertz CT molecular complexity index is 955. The lowest BCUT2D eigenvalue weighted by atomic mass is 10.0. The summed E-state index contributed by atoms with van der Waals surface area (Å²) in [5.41, 5.74) is 2.68. The molecule has 0 heterocycles. The second kappa shape index (κ2) is 11.8. The maximum Gasteiger partial charge on any atom is 0.249 e. The number of carbonyl (C=O) groups is 2. The highest BCUT2D eigenvalue weighted by molar-refractivity contribution is 5.85. The molecule has 0 fully saturated rings. The quantitative estimate of drug-likeness (QED) is 0.523. The zero-order valence-corrected chi connectivity index (χ0v) is 18.0. The highest BCUT2D eigenvalue weighted by Crippen LogP contribution is 2.25. The molecule has 0 unspecified atom stereocenters. The van der Waals surface area contributed by atoms with Crippen molar-refractivity contribution >= 4 is 11.8 Å². The van der Waals surface area contributed by atoms with Gasteiger partial charge in [-0.2, -0.15) is 0 Å². The standard InChI is InChI=1S/C26H27FN2O3/c1-2-29(18-24(30)28-17-20-13-15-23(27)16-14-20)25(31)19-32-26(21-9-5-3-6-10-21)22-11-7-4-8-12-22/h3-16,26H,2,17-19H2,1H3,(H,28,30). The topological polar surface area (TPSA) is 58.6 Å². The van der Waals surface area contributed by atoms with Crippen molar-refractivity contribution in [3.8, 4) is 0 Å². The zero-order valence-electron chi connectivity index (χ0n) is 18.0. The van der Waals surface area contributed by atoms with Crippen LogP contribution in [0.3, 0.4) is 0 Å². The van der Waals surface area contributed by atoms with E-state index in [1.807, 2.05) is 67.6 Å². The average Bonchev–Trinajstić information content (AvgIpc) is 2.83. The van der Waals surface area contributed by atoms with Gasteiger partial charge in [-0.1, -0.05) is 72.8 Å². The number of amides is 2. The number of nitrogens with zero attached hydrogens (tertiary/aromatic N) is 1. The van der Waals surface area contributed by atoms with Crippen molar-refractivity contribution < 1.29 is 18.7 Å². The number of rotatable bonds is 10. The van der Waals surface area contributed by atoms with Crippen molar-refractivity contribution in [1.29, 1.82) is 0 Å². The van der Waals surface area contributed by atoms with E-state index in [4.69, 9.17) is 4.74 Å². The van der Waals surface area contributed by atoms with E-state index in [1.54, 1.807) is 12.1 Å². The summed E-state index contributed by atoms with van der Waals surface area (Å²) in [7, 11) is 0. The van der Waals surface area contributed by atoms with Gasteiger partial charge in [0, 0.05) is 13.1 Å². The summed E-state index contributed by atoms with van der Waals surface area (Å²) >= 11 is 0. The predicted molar refractivity (Wildman–Crippen MR) is 121 cm³/mol. The van der Waals surface area contributed by atoms with Crippen molar-refractivity contribution in [1.82, 2.24) is 10.2 Å². The van der Waals surface area contributed by atoms with Crippen LogP contribution < -0.4 is 5.32 Å². The van der Waals surface area contributed by atoms with Gasteiger partial charge in [0.05, 0.1) is 6.54 Å². The van der Waals surface area contributed by atoms with E-state index in [9.17, 15) is 14.0 Å². The van der Waals surface area contributed by atoms with E-state index in [0.717, 1.165) is 16.7 Å². The Kier molecular flexibility index (Phi) is 8.52. The largest absolute Gasteiger partial charge is 0.359 e. The molecule has 0 radical (unpaired) electrons. The summed E-state index contributed by atoms with van der Waals surface area (Å²) in [5.74, 6) is -0.874. The number of halogens is 1. The first-order valence-electron chi connectivity index (χ1n) is 10.6. The number of carbonyl (C=O) groups excluding carboxylic acids is 2. The smallest absolute Gasteiger partial charge is 0.249 e. The normalized spacial score (nSPS) is 10.7. The SMILES string of the molecule is CCN(CC(=O)NCc1ccc(F)cc1)C(=O)COC(c1ccccc1)c1ccccc1. The fourth-order valence-electron chi connectivity index (χ4n) is 3.29. The number of ether oxygens (including phenoxy) is 1. The summed E-state index contributed by atoms with van der Waals surface area (Å²) in [6, 6.07) is 25.3. The third-order valence-electron chi connectivity index (χ3n) is 5.05. The van der Waals surface area contributed by atoms with Crippen LogP contribution in [0.2, 0.25) is 0 Å². The summed E-state index contributed by atoms with van der Waals surface area (Å²) in [4.78, 5) is 26.5. The van der Waals surface area contributed by atoms with Gasteiger partial charge in [-0.05, 0) is 35.7 Å². The van der Waals surface area contributed by atoms with Crippen LogP contribution in [0.1, 0.15) is 29.7 Å². The van der Waals surface area contributed by atoms with Crippen LogP contribution in [0.5, 0.6) is 0 Å². The fourth-order valence-corrected chi connectivity index (χ4v) is 3.29. The van der Waals surface area contributed by atoms with Crippen LogP contribution in [-0.2, 0) is 20.9 Å². The van der Waals surface area contributed by atoms with Gasteiger partial charge < -0.3 is 15.0 Å². The third-order valence-corrected chi connectivity index (χ3v) is 5.05. The molecule has 0 saturated carbocycles. The van der Waals surface area contributed by atoms with Gasteiger partial charge in [-0.3, -0.25) is 9.59 Å². The molecule has 0 atom stereocenters. The molecule has 3 rings (SSSR count). The lowest BCUT2D eigenvalue weighted by molar-refractivity contribution is -0.140. The van der Waals surface area contributed by atoms with E-state index < -0.39 is 0 Å². The van der Waals surface area contributed by atoms with Crippen LogP contribution in [0.4, 0.5) is 4.39 Å². The molecule has 0 bridgehead atoms. The highest BCUT2D eigenvalue weighted by Gasteiger charge is 2.20. The summed E-state index contributed by atoms with van der Waals surface area (Å²) in [6.07, 6.45) is -0.382. The van der Waals surface area contributed by atoms with Gasteiger partial charge in [0.1, 0.15) is 18.5 Å². The second-order valence-electron chi connectivity index (χ2n) is 7.32. The first-order valence-corrected chi connectivity index (χ1v) is 10.6. The molecule has 1 N–H and O–H groups in total. The van der Waals surface area contributed by atoms with Crippen molar-refractivity contribution in [3.63, 3.8) is 0 Å². The Balaban J connectivity index is 1.57. The second-order valence-corrected chi connectivity index (χ2v) is 7.32. The minimum Gasteiger partial charge on any atom is -0.359 e. The van der Waals surface area contributed by atoms with E-state index in [-0.39, 0.29) is 43.4 Å².